The van der Waals surface area contributed by atoms with Crippen LogP contribution < -0.4 is 5.63 Å². The van der Waals surface area contributed by atoms with Crippen molar-refractivity contribution < 1.29 is 64.2 Å². The molecule has 14 heteroatoms. The van der Waals surface area contributed by atoms with Gasteiger partial charge in [-0.2, -0.15) is 0 Å². The predicted octanol–water partition coefficient (Wildman–Crippen LogP) is -0.190. The van der Waals surface area contributed by atoms with E-state index >= 15 is 0 Å². The lowest BCUT2D eigenvalue weighted by Crippen LogP contribution is -2.65. The van der Waals surface area contributed by atoms with E-state index in [4.69, 9.17) is 23.4 Å². The fourth-order valence-corrected chi connectivity index (χ4v) is 10.7. The maximum absolute atomic E-state index is 12.5. The van der Waals surface area contributed by atoms with Crippen LogP contribution in [0.5, 0.6) is 0 Å². The van der Waals surface area contributed by atoms with Crippen molar-refractivity contribution in [3.63, 3.8) is 0 Å². The molecular weight excluding hydrogens is 656 g/mol. The highest BCUT2D eigenvalue weighted by molar-refractivity contribution is 5.31. The van der Waals surface area contributed by atoms with Gasteiger partial charge in [-0.3, -0.25) is 0 Å². The largest absolute Gasteiger partial charge is 0.431 e. The molecule has 0 spiro atoms. The molecule has 1 aromatic rings. The Labute approximate surface area is 290 Å². The van der Waals surface area contributed by atoms with Crippen LogP contribution in [-0.4, -0.2) is 127 Å². The summed E-state index contributed by atoms with van der Waals surface area (Å²) in [5.41, 5.74) is 0.496. The third-order valence-corrected chi connectivity index (χ3v) is 13.7. The summed E-state index contributed by atoms with van der Waals surface area (Å²) < 4.78 is 28.4. The van der Waals surface area contributed by atoms with E-state index in [0.717, 1.165) is 44.1 Å². The maximum Gasteiger partial charge on any atom is 0.335 e. The first kappa shape index (κ1) is 36.6. The third kappa shape index (κ3) is 5.75. The molecule has 6 aliphatic rings. The fraction of sp³-hybridized carbons (Fsp3) is 0.806. The van der Waals surface area contributed by atoms with Crippen LogP contribution in [-0.2, 0) is 18.9 Å². The van der Waals surface area contributed by atoms with Crippen LogP contribution in [0.25, 0.3) is 0 Å². The molecule has 8 N–H and O–H groups in total. The molecule has 50 heavy (non-hydrogen) atoms. The summed E-state index contributed by atoms with van der Waals surface area (Å²) in [5.74, 6) is 0.492. The highest BCUT2D eigenvalue weighted by atomic mass is 16.7. The fourth-order valence-electron chi connectivity index (χ4n) is 10.7. The van der Waals surface area contributed by atoms with Crippen molar-refractivity contribution in [2.75, 3.05) is 13.2 Å². The van der Waals surface area contributed by atoms with Crippen molar-refractivity contribution in [2.45, 2.75) is 144 Å². The van der Waals surface area contributed by atoms with Crippen molar-refractivity contribution in [3.8, 4) is 0 Å². The normalized spacial score (nSPS) is 50.6. The molecule has 3 heterocycles. The maximum atomic E-state index is 12.5. The second kappa shape index (κ2) is 13.6. The van der Waals surface area contributed by atoms with E-state index in [2.05, 4.69) is 19.9 Å². The van der Waals surface area contributed by atoms with Gasteiger partial charge < -0.3 is 64.2 Å². The molecule has 4 aliphatic carbocycles. The van der Waals surface area contributed by atoms with Crippen LogP contribution in [0.15, 0.2) is 39.3 Å². The Kier molecular flexibility index (Phi) is 9.92. The summed E-state index contributed by atoms with van der Waals surface area (Å²) in [5, 5.41) is 84.9. The van der Waals surface area contributed by atoms with Crippen LogP contribution in [0.1, 0.15) is 76.7 Å². The number of allylic oxidation sites excluding steroid dienone is 1. The van der Waals surface area contributed by atoms with Crippen molar-refractivity contribution in [2.24, 2.45) is 22.7 Å². The van der Waals surface area contributed by atoms with E-state index < -0.39 is 86.3 Å². The summed E-state index contributed by atoms with van der Waals surface area (Å²) in [6.07, 6.45) is -5.51. The molecule has 280 valence electrons. The van der Waals surface area contributed by atoms with E-state index in [-0.39, 0.29) is 34.2 Å². The van der Waals surface area contributed by atoms with Gasteiger partial charge in [0.15, 0.2) is 12.6 Å². The lowest BCUT2D eigenvalue weighted by Gasteiger charge is -2.62. The molecule has 0 radical (unpaired) electrons. The van der Waals surface area contributed by atoms with E-state index in [9.17, 15) is 45.6 Å². The van der Waals surface area contributed by atoms with Crippen LogP contribution >= 0.6 is 0 Å². The highest BCUT2D eigenvalue weighted by Gasteiger charge is 2.67. The second-order valence-corrected chi connectivity index (χ2v) is 15.9. The Morgan fingerprint density at radius 1 is 0.780 bits per heavy atom. The minimum atomic E-state index is -1.74. The van der Waals surface area contributed by atoms with Crippen molar-refractivity contribution >= 4 is 0 Å². The van der Waals surface area contributed by atoms with Gasteiger partial charge in [0, 0.05) is 11.5 Å². The van der Waals surface area contributed by atoms with E-state index in [1.54, 1.807) is 6.26 Å². The van der Waals surface area contributed by atoms with Crippen LogP contribution in [0.4, 0.5) is 0 Å². The number of hydrogen-bond donors (Lipinski definition) is 8. The summed E-state index contributed by atoms with van der Waals surface area (Å²) in [6, 6.07) is 3.30. The van der Waals surface area contributed by atoms with Gasteiger partial charge in [0.1, 0.15) is 48.8 Å². The lowest BCUT2D eigenvalue weighted by atomic mass is 9.45. The highest BCUT2D eigenvalue weighted by Crippen LogP contribution is 2.70. The molecule has 3 saturated carbocycles. The molecular formula is C36H52O14. The monoisotopic (exact) mass is 708 g/mol. The summed E-state index contributed by atoms with van der Waals surface area (Å²) >= 11 is 0. The van der Waals surface area contributed by atoms with Crippen LogP contribution in [0.2, 0.25) is 0 Å². The van der Waals surface area contributed by atoms with Crippen molar-refractivity contribution in [3.05, 3.63) is 46.0 Å². The summed E-state index contributed by atoms with van der Waals surface area (Å²) in [6.45, 7) is 3.17. The topological polar surface area (TPSA) is 229 Å². The first-order valence-electron chi connectivity index (χ1n) is 18.0. The first-order chi connectivity index (χ1) is 23.8. The SMILES string of the molecule is C[C@]12CC[C@H](O[C@@H]3O[C@H](CO)[C@@H](O[C@@H]4O[C@H](CO)[C@@H](O)[C@H](O)[C@H]4O)[C@H](O)[C@H]3O)C=C1CC[C@@H]1[C@@H]2CC[C@]2(C)[C@@H](c3ccc(=O)oc3)CC[C@]12O. The molecule has 0 unspecified atom stereocenters. The zero-order chi connectivity index (χ0) is 35.7. The van der Waals surface area contributed by atoms with Crippen LogP contribution in [0.3, 0.4) is 0 Å². The molecule has 14 nitrogen and oxygen atoms in total. The number of aliphatic hydroxyl groups is 8. The van der Waals surface area contributed by atoms with Gasteiger partial charge in [-0.05, 0) is 86.2 Å². The zero-order valence-corrected chi connectivity index (χ0v) is 28.5. The Balaban J connectivity index is 1.03. The quantitative estimate of drug-likeness (QED) is 0.172. The van der Waals surface area contributed by atoms with Gasteiger partial charge in [-0.15, -0.1) is 0 Å². The smallest absolute Gasteiger partial charge is 0.335 e. The van der Waals surface area contributed by atoms with E-state index in [0.29, 0.717) is 12.8 Å². The molecule has 7 rings (SSSR count). The molecule has 0 aromatic carbocycles. The Morgan fingerprint density at radius 2 is 1.48 bits per heavy atom. The van der Waals surface area contributed by atoms with E-state index in [1.807, 2.05) is 6.07 Å². The van der Waals surface area contributed by atoms with Crippen LogP contribution in [0, 0.1) is 22.7 Å². The number of hydrogen-bond acceptors (Lipinski definition) is 14. The zero-order valence-electron chi connectivity index (χ0n) is 28.5. The Hall–Kier alpha value is -1.79. The van der Waals surface area contributed by atoms with Gasteiger partial charge in [0.05, 0.1) is 31.2 Å². The lowest BCUT2D eigenvalue weighted by molar-refractivity contribution is -0.361. The molecule has 5 fully saturated rings. The molecule has 0 amide bonds. The molecule has 2 aliphatic heterocycles. The Morgan fingerprint density at radius 3 is 2.18 bits per heavy atom. The average molecular weight is 709 g/mol. The van der Waals surface area contributed by atoms with Gasteiger partial charge in [-0.25, -0.2) is 4.79 Å². The third-order valence-electron chi connectivity index (χ3n) is 13.7. The molecule has 17 atom stereocenters. The standard InChI is InChI=1S/C36H52O14/c1-34-10-7-19(47-32-30(44)28(42)31(24(15-38)49-32)50-33-29(43)27(41)26(40)23(14-37)48-33)13-18(34)4-5-22-21(34)8-11-35(2)20(9-12-36(22,35)45)17-3-6-25(39)46-16-17/h3,6,13,16,19-24,26-33,37-38,40-45H,4-5,7-12,14-15H2,1-2H3/t19-,20+,21-,22+,23+,24+,26+,27-,28+,29+,30+,31+,32+,33-,34-,35+,36-/m0/s1. The number of fused-ring (bicyclic) bond motifs is 5. The minimum absolute atomic E-state index is 0.105. The van der Waals surface area contributed by atoms with Crippen molar-refractivity contribution in [1.82, 2.24) is 0 Å². The molecule has 0 bridgehead atoms. The minimum Gasteiger partial charge on any atom is -0.431 e. The number of rotatable bonds is 7. The van der Waals surface area contributed by atoms with Crippen molar-refractivity contribution in [1.29, 1.82) is 0 Å². The summed E-state index contributed by atoms with van der Waals surface area (Å²) in [4.78, 5) is 11.6. The predicted molar refractivity (Wildman–Crippen MR) is 172 cm³/mol. The van der Waals surface area contributed by atoms with Gasteiger partial charge >= 0.3 is 5.63 Å². The van der Waals surface area contributed by atoms with E-state index in [1.165, 1.54) is 11.6 Å². The van der Waals surface area contributed by atoms with Gasteiger partial charge in [0.25, 0.3) is 0 Å². The second-order valence-electron chi connectivity index (χ2n) is 15.9. The molecule has 1 aromatic heterocycles. The Bertz CT molecular complexity index is 1440. The number of aliphatic hydroxyl groups excluding tert-OH is 7. The summed E-state index contributed by atoms with van der Waals surface area (Å²) in [7, 11) is 0. The number of ether oxygens (including phenoxy) is 4. The molecule has 2 saturated heterocycles. The first-order valence-corrected chi connectivity index (χ1v) is 18.0. The average Bonchev–Trinajstić information content (AvgIpc) is 3.39. The van der Waals surface area contributed by atoms with Gasteiger partial charge in [0.2, 0.25) is 0 Å². The van der Waals surface area contributed by atoms with Gasteiger partial charge in [-0.1, -0.05) is 25.5 Å².